The average Bonchev–Trinajstić information content (AvgIpc) is 2.77. The highest BCUT2D eigenvalue weighted by Crippen LogP contribution is 2.17. The predicted molar refractivity (Wildman–Crippen MR) is 112 cm³/mol. The fraction of sp³-hybridized carbons (Fsp3) is 0.391. The summed E-state index contributed by atoms with van der Waals surface area (Å²) in [6.07, 6.45) is 1.96. The lowest BCUT2D eigenvalue weighted by atomic mass is 10.1. The molecule has 1 saturated heterocycles. The van der Waals surface area contributed by atoms with Crippen LogP contribution in [0.2, 0.25) is 0 Å². The van der Waals surface area contributed by atoms with Gasteiger partial charge < -0.3 is 10.1 Å². The van der Waals surface area contributed by atoms with Crippen molar-refractivity contribution >= 4 is 11.9 Å². The Balaban J connectivity index is 1.36. The third-order valence-electron chi connectivity index (χ3n) is 5.26. The van der Waals surface area contributed by atoms with Crippen LogP contribution in [-0.2, 0) is 22.7 Å². The molecule has 1 aliphatic rings. The van der Waals surface area contributed by atoms with Gasteiger partial charge in [0.05, 0.1) is 18.8 Å². The molecule has 1 atom stereocenters. The summed E-state index contributed by atoms with van der Waals surface area (Å²) in [5.41, 5.74) is 2.16. The number of imide groups is 1. The van der Waals surface area contributed by atoms with Crippen LogP contribution < -0.4 is 10.6 Å². The number of likely N-dealkylation sites (tertiary alicyclic amines) is 1. The number of rotatable bonds is 7. The SMILES string of the molecule is CC(C(=O)NC(=O)NCc1ccccc1)N1CCC(OCc2ccccc2)CC1. The van der Waals surface area contributed by atoms with Crippen LogP contribution in [0.15, 0.2) is 60.7 Å². The number of carbonyl (C=O) groups excluding carboxylic acids is 2. The van der Waals surface area contributed by atoms with E-state index in [0.29, 0.717) is 13.2 Å². The van der Waals surface area contributed by atoms with Crippen LogP contribution in [0.25, 0.3) is 0 Å². The van der Waals surface area contributed by atoms with Gasteiger partial charge in [0.15, 0.2) is 0 Å². The highest BCUT2D eigenvalue weighted by molar-refractivity contribution is 5.96. The van der Waals surface area contributed by atoms with Crippen molar-refractivity contribution < 1.29 is 14.3 Å². The third kappa shape index (κ3) is 6.69. The van der Waals surface area contributed by atoms with Crippen LogP contribution in [0.5, 0.6) is 0 Å². The number of urea groups is 1. The van der Waals surface area contributed by atoms with E-state index < -0.39 is 6.03 Å². The largest absolute Gasteiger partial charge is 0.373 e. The second kappa shape index (κ2) is 10.7. The topological polar surface area (TPSA) is 70.7 Å². The molecule has 2 aromatic rings. The molecule has 3 amide bonds. The van der Waals surface area contributed by atoms with Crippen molar-refractivity contribution in [2.45, 2.75) is 45.1 Å². The molecule has 29 heavy (non-hydrogen) atoms. The highest BCUT2D eigenvalue weighted by atomic mass is 16.5. The lowest BCUT2D eigenvalue weighted by Crippen LogP contribution is -2.52. The molecule has 3 rings (SSSR count). The van der Waals surface area contributed by atoms with Crippen LogP contribution in [0, 0.1) is 0 Å². The fourth-order valence-corrected chi connectivity index (χ4v) is 3.42. The monoisotopic (exact) mass is 395 g/mol. The molecule has 1 unspecified atom stereocenters. The number of nitrogens with one attached hydrogen (secondary N) is 2. The summed E-state index contributed by atoms with van der Waals surface area (Å²) in [5.74, 6) is -0.279. The van der Waals surface area contributed by atoms with E-state index in [1.165, 1.54) is 5.56 Å². The molecule has 1 aliphatic heterocycles. The molecule has 0 radical (unpaired) electrons. The number of benzene rings is 2. The molecule has 6 heteroatoms. The van der Waals surface area contributed by atoms with E-state index in [-0.39, 0.29) is 18.1 Å². The first-order valence-electron chi connectivity index (χ1n) is 10.1. The zero-order valence-corrected chi connectivity index (χ0v) is 16.8. The first-order valence-corrected chi connectivity index (χ1v) is 10.1. The summed E-state index contributed by atoms with van der Waals surface area (Å²) >= 11 is 0. The minimum absolute atomic E-state index is 0.205. The van der Waals surface area contributed by atoms with Gasteiger partial charge in [-0.05, 0) is 30.9 Å². The van der Waals surface area contributed by atoms with E-state index in [0.717, 1.165) is 31.5 Å². The van der Waals surface area contributed by atoms with Gasteiger partial charge in [-0.25, -0.2) is 4.79 Å². The number of carbonyl (C=O) groups is 2. The standard InChI is InChI=1S/C23H29N3O3/c1-18(22(27)25-23(28)24-16-19-8-4-2-5-9-19)26-14-12-21(13-15-26)29-17-20-10-6-3-7-11-20/h2-11,18,21H,12-17H2,1H3,(H2,24,25,27,28). The third-order valence-corrected chi connectivity index (χ3v) is 5.26. The van der Waals surface area contributed by atoms with Crippen molar-refractivity contribution in [2.75, 3.05) is 13.1 Å². The Morgan fingerprint density at radius 1 is 1.00 bits per heavy atom. The Hall–Kier alpha value is -2.70. The smallest absolute Gasteiger partial charge is 0.321 e. The van der Waals surface area contributed by atoms with Crippen molar-refractivity contribution in [1.82, 2.24) is 15.5 Å². The van der Waals surface area contributed by atoms with Crippen molar-refractivity contribution in [2.24, 2.45) is 0 Å². The number of nitrogens with zero attached hydrogens (tertiary/aromatic N) is 1. The summed E-state index contributed by atoms with van der Waals surface area (Å²) in [6, 6.07) is 18.9. The van der Waals surface area contributed by atoms with Gasteiger partial charge >= 0.3 is 6.03 Å². The van der Waals surface area contributed by atoms with E-state index >= 15 is 0 Å². The van der Waals surface area contributed by atoms with E-state index in [2.05, 4.69) is 27.7 Å². The molecule has 0 aromatic heterocycles. The number of hydrogen-bond donors (Lipinski definition) is 2. The molecule has 0 bridgehead atoms. The van der Waals surface area contributed by atoms with Gasteiger partial charge in [-0.15, -0.1) is 0 Å². The van der Waals surface area contributed by atoms with Gasteiger partial charge in [0.1, 0.15) is 0 Å². The molecule has 2 N–H and O–H groups in total. The maximum Gasteiger partial charge on any atom is 0.321 e. The number of hydrogen-bond acceptors (Lipinski definition) is 4. The summed E-state index contributed by atoms with van der Waals surface area (Å²) < 4.78 is 6.00. The van der Waals surface area contributed by atoms with E-state index in [1.807, 2.05) is 55.5 Å². The van der Waals surface area contributed by atoms with Gasteiger partial charge in [-0.1, -0.05) is 60.7 Å². The molecule has 154 valence electrons. The lowest BCUT2D eigenvalue weighted by molar-refractivity contribution is -0.126. The summed E-state index contributed by atoms with van der Waals surface area (Å²) in [6.45, 7) is 4.39. The zero-order valence-electron chi connectivity index (χ0n) is 16.8. The van der Waals surface area contributed by atoms with Crippen LogP contribution in [0.3, 0.4) is 0 Å². The van der Waals surface area contributed by atoms with Crippen LogP contribution >= 0.6 is 0 Å². The zero-order chi connectivity index (χ0) is 20.5. The molecule has 2 aromatic carbocycles. The Morgan fingerprint density at radius 2 is 1.59 bits per heavy atom. The van der Waals surface area contributed by atoms with E-state index in [9.17, 15) is 9.59 Å². The number of amides is 3. The Bertz CT molecular complexity index is 774. The number of piperidine rings is 1. The molecular formula is C23H29N3O3. The molecule has 6 nitrogen and oxygen atoms in total. The van der Waals surface area contributed by atoms with Gasteiger partial charge in [-0.2, -0.15) is 0 Å². The second-order valence-electron chi connectivity index (χ2n) is 7.37. The Morgan fingerprint density at radius 3 is 2.21 bits per heavy atom. The van der Waals surface area contributed by atoms with Gasteiger partial charge in [0, 0.05) is 19.6 Å². The van der Waals surface area contributed by atoms with Crippen LogP contribution in [0.1, 0.15) is 30.9 Å². The maximum atomic E-state index is 12.4. The van der Waals surface area contributed by atoms with Gasteiger partial charge in [0.2, 0.25) is 5.91 Å². The van der Waals surface area contributed by atoms with E-state index in [1.54, 1.807) is 0 Å². The van der Waals surface area contributed by atoms with Gasteiger partial charge in [-0.3, -0.25) is 15.0 Å². The number of ether oxygens (including phenoxy) is 1. The second-order valence-corrected chi connectivity index (χ2v) is 7.37. The van der Waals surface area contributed by atoms with Crippen molar-refractivity contribution in [3.05, 3.63) is 71.8 Å². The van der Waals surface area contributed by atoms with E-state index in [4.69, 9.17) is 4.74 Å². The molecule has 0 aliphatic carbocycles. The first-order chi connectivity index (χ1) is 14.1. The minimum atomic E-state index is -0.466. The molecular weight excluding hydrogens is 366 g/mol. The van der Waals surface area contributed by atoms with Crippen molar-refractivity contribution in [3.63, 3.8) is 0 Å². The predicted octanol–water partition coefficient (Wildman–Crippen LogP) is 3.08. The fourth-order valence-electron chi connectivity index (χ4n) is 3.42. The van der Waals surface area contributed by atoms with Crippen molar-refractivity contribution in [3.8, 4) is 0 Å². The molecule has 1 heterocycles. The van der Waals surface area contributed by atoms with Gasteiger partial charge in [0.25, 0.3) is 0 Å². The van der Waals surface area contributed by atoms with Crippen LogP contribution in [-0.4, -0.2) is 42.1 Å². The summed E-state index contributed by atoms with van der Waals surface area (Å²) in [5, 5.41) is 5.16. The lowest BCUT2D eigenvalue weighted by Gasteiger charge is -2.35. The Labute approximate surface area is 172 Å². The molecule has 0 spiro atoms. The molecule has 0 saturated carbocycles. The van der Waals surface area contributed by atoms with Crippen LogP contribution in [0.4, 0.5) is 4.79 Å². The summed E-state index contributed by atoms with van der Waals surface area (Å²) in [4.78, 5) is 26.5. The first kappa shape index (κ1) is 21.0. The Kier molecular flexibility index (Phi) is 7.78. The quantitative estimate of drug-likeness (QED) is 0.756. The van der Waals surface area contributed by atoms with Crippen molar-refractivity contribution in [1.29, 1.82) is 0 Å². The summed E-state index contributed by atoms with van der Waals surface area (Å²) in [7, 11) is 0. The average molecular weight is 396 g/mol. The molecule has 1 fully saturated rings. The maximum absolute atomic E-state index is 12.4. The normalized spacial score (nSPS) is 16.2. The minimum Gasteiger partial charge on any atom is -0.373 e. The highest BCUT2D eigenvalue weighted by Gasteiger charge is 2.27.